The number of phenolic OH excluding ortho intramolecular Hbond substituents is 2. The molecule has 0 saturated carbocycles. The van der Waals surface area contributed by atoms with E-state index >= 15 is 0 Å². The van der Waals surface area contributed by atoms with E-state index in [4.69, 9.17) is 0 Å². The minimum Gasteiger partial charge on any atom is -0.507 e. The van der Waals surface area contributed by atoms with E-state index in [-0.39, 0.29) is 21.7 Å². The molecule has 6 heteroatoms. The molecular formula is C38H54O4S2. The van der Waals surface area contributed by atoms with E-state index < -0.39 is 12.2 Å². The van der Waals surface area contributed by atoms with Crippen LogP contribution in [0.25, 0.3) is 0 Å². The molecule has 0 saturated heterocycles. The topological polar surface area (TPSA) is 80.9 Å². The second-order valence-corrected chi connectivity index (χ2v) is 18.2. The molecule has 242 valence electrons. The highest BCUT2D eigenvalue weighted by Crippen LogP contribution is 2.44. The number of aliphatic hydroxyl groups is 2. The summed E-state index contributed by atoms with van der Waals surface area (Å²) in [5.74, 6) is 1.67. The lowest BCUT2D eigenvalue weighted by molar-refractivity contribution is 0.200. The maximum absolute atomic E-state index is 11.0. The molecule has 2 atom stereocenters. The summed E-state index contributed by atoms with van der Waals surface area (Å²) in [6.45, 7) is 25.2. The molecule has 0 heterocycles. The first-order valence-electron chi connectivity index (χ1n) is 15.5. The third-order valence-corrected chi connectivity index (χ3v) is 10.0. The first-order valence-corrected chi connectivity index (χ1v) is 17.4. The van der Waals surface area contributed by atoms with Gasteiger partial charge in [-0.15, -0.1) is 23.5 Å². The number of thioether (sulfide) groups is 2. The lowest BCUT2D eigenvalue weighted by Gasteiger charge is -2.28. The van der Waals surface area contributed by atoms with Crippen molar-refractivity contribution in [1.29, 1.82) is 0 Å². The van der Waals surface area contributed by atoms with Crippen molar-refractivity contribution in [1.82, 2.24) is 0 Å². The van der Waals surface area contributed by atoms with Gasteiger partial charge < -0.3 is 20.4 Å². The van der Waals surface area contributed by atoms with Crippen molar-refractivity contribution in [2.75, 3.05) is 11.5 Å². The lowest BCUT2D eigenvalue weighted by atomic mass is 9.79. The highest BCUT2D eigenvalue weighted by molar-refractivity contribution is 7.99. The quantitative estimate of drug-likeness (QED) is 0.184. The van der Waals surface area contributed by atoms with Crippen molar-refractivity contribution in [2.45, 2.75) is 127 Å². The first kappa shape index (κ1) is 36.3. The van der Waals surface area contributed by atoms with Crippen LogP contribution in [-0.4, -0.2) is 31.9 Å². The highest BCUT2D eigenvalue weighted by Gasteiger charge is 2.28. The summed E-state index contributed by atoms with van der Waals surface area (Å²) in [6, 6.07) is 15.7. The van der Waals surface area contributed by atoms with Crippen LogP contribution < -0.4 is 0 Å². The molecule has 3 aromatic carbocycles. The Balaban J connectivity index is 1.72. The highest BCUT2D eigenvalue weighted by atomic mass is 32.2. The molecule has 3 aromatic rings. The summed E-state index contributed by atoms with van der Waals surface area (Å²) in [4.78, 5) is 2.05. The Labute approximate surface area is 274 Å². The minimum absolute atomic E-state index is 0.208. The monoisotopic (exact) mass is 638 g/mol. The summed E-state index contributed by atoms with van der Waals surface area (Å²) < 4.78 is 0. The molecule has 0 bridgehead atoms. The molecule has 4 N–H and O–H groups in total. The van der Waals surface area contributed by atoms with Gasteiger partial charge in [0.05, 0.1) is 12.2 Å². The van der Waals surface area contributed by atoms with Crippen molar-refractivity contribution in [2.24, 2.45) is 0 Å². The molecule has 3 rings (SSSR count). The molecule has 0 amide bonds. The number of phenols is 2. The van der Waals surface area contributed by atoms with E-state index in [0.29, 0.717) is 23.0 Å². The summed E-state index contributed by atoms with van der Waals surface area (Å²) in [6.07, 6.45) is -1.34. The molecule has 0 aromatic heterocycles. The zero-order valence-corrected chi connectivity index (χ0v) is 30.4. The summed E-state index contributed by atoms with van der Waals surface area (Å²) in [7, 11) is 0. The smallest absolute Gasteiger partial charge is 0.123 e. The molecule has 0 aliphatic carbocycles. The molecule has 0 spiro atoms. The van der Waals surface area contributed by atoms with E-state index in [1.165, 1.54) is 0 Å². The number of hydrogen-bond acceptors (Lipinski definition) is 6. The van der Waals surface area contributed by atoms with Gasteiger partial charge >= 0.3 is 0 Å². The summed E-state index contributed by atoms with van der Waals surface area (Å²) in [5.41, 5.74) is 4.42. The molecule has 44 heavy (non-hydrogen) atoms. The number of aliphatic hydroxyl groups excluding tert-OH is 2. The fourth-order valence-electron chi connectivity index (χ4n) is 5.15. The van der Waals surface area contributed by atoms with Crippen LogP contribution in [0.4, 0.5) is 0 Å². The maximum Gasteiger partial charge on any atom is 0.123 e. The van der Waals surface area contributed by atoms with E-state index in [1.807, 2.05) is 48.5 Å². The van der Waals surface area contributed by atoms with Crippen molar-refractivity contribution in [3.05, 3.63) is 81.9 Å². The molecule has 4 nitrogen and oxygen atoms in total. The Morgan fingerprint density at radius 1 is 0.477 bits per heavy atom. The summed E-state index contributed by atoms with van der Waals surface area (Å²) in [5, 5.41) is 44.1. The van der Waals surface area contributed by atoms with Gasteiger partial charge in [0.2, 0.25) is 0 Å². The molecule has 0 aliphatic heterocycles. The van der Waals surface area contributed by atoms with Gasteiger partial charge in [0, 0.05) is 43.6 Å². The van der Waals surface area contributed by atoms with Gasteiger partial charge in [-0.25, -0.2) is 0 Å². The van der Waals surface area contributed by atoms with Crippen LogP contribution in [0.1, 0.15) is 129 Å². The first-order chi connectivity index (χ1) is 20.0. The van der Waals surface area contributed by atoms with Crippen molar-refractivity contribution >= 4 is 23.5 Å². The maximum atomic E-state index is 11.0. The number of benzene rings is 3. The van der Waals surface area contributed by atoms with Crippen LogP contribution in [0.15, 0.2) is 58.3 Å². The van der Waals surface area contributed by atoms with Gasteiger partial charge in [-0.1, -0.05) is 107 Å². The van der Waals surface area contributed by atoms with Crippen LogP contribution in [0, 0.1) is 0 Å². The predicted molar refractivity (Wildman–Crippen MR) is 189 cm³/mol. The van der Waals surface area contributed by atoms with Gasteiger partial charge in [-0.2, -0.15) is 0 Å². The molecule has 2 unspecified atom stereocenters. The normalized spacial score (nSPS) is 14.5. The molecular weight excluding hydrogens is 585 g/mol. The van der Waals surface area contributed by atoms with Crippen LogP contribution in [0.5, 0.6) is 11.5 Å². The Hall–Kier alpha value is -2.12. The number of hydrogen-bond donors (Lipinski definition) is 4. The molecule has 0 radical (unpaired) electrons. The van der Waals surface area contributed by atoms with Crippen LogP contribution in [0.3, 0.4) is 0 Å². The predicted octanol–water partition coefficient (Wildman–Crippen LogP) is 9.94. The standard InChI is InChI=1S/C38H54O4S2/c1-35(2,3)27-17-25(18-28(33(27)41)36(4,5)6)43-21-31(39)23-13-15-24(16-14-23)32(40)22-44-26-19-29(37(7,8)9)34(42)30(20-26)38(10,11)12/h13-20,31-32,39-42H,21-22H2,1-12H3. The van der Waals surface area contributed by atoms with E-state index in [1.54, 1.807) is 23.5 Å². The second-order valence-electron chi connectivity index (χ2n) is 16.1. The van der Waals surface area contributed by atoms with Crippen LogP contribution >= 0.6 is 23.5 Å². The van der Waals surface area contributed by atoms with Crippen molar-refractivity contribution in [3.63, 3.8) is 0 Å². The van der Waals surface area contributed by atoms with Gasteiger partial charge in [-0.05, 0) is 57.1 Å². The largest absolute Gasteiger partial charge is 0.507 e. The Morgan fingerprint density at radius 2 is 0.705 bits per heavy atom. The van der Waals surface area contributed by atoms with Crippen molar-refractivity contribution in [3.8, 4) is 11.5 Å². The Kier molecular flexibility index (Phi) is 11.0. The average molecular weight is 639 g/mol. The van der Waals surface area contributed by atoms with Gasteiger partial charge in [-0.3, -0.25) is 0 Å². The fourth-order valence-corrected chi connectivity index (χ4v) is 7.04. The zero-order chi connectivity index (χ0) is 33.4. The minimum atomic E-state index is -0.672. The van der Waals surface area contributed by atoms with Crippen LogP contribution in [-0.2, 0) is 21.7 Å². The van der Waals surface area contributed by atoms with Gasteiger partial charge in [0.1, 0.15) is 11.5 Å². The van der Waals surface area contributed by atoms with E-state index in [9.17, 15) is 20.4 Å². The number of aromatic hydroxyl groups is 2. The zero-order valence-electron chi connectivity index (χ0n) is 28.8. The SMILES string of the molecule is CC(C)(C)c1cc(SCC(O)c2ccc(C(O)CSc3cc(C(C)(C)C)c(O)c(C(C)(C)C)c3)cc2)cc(C(C)(C)C)c1O. The van der Waals surface area contributed by atoms with E-state index in [2.05, 4.69) is 83.1 Å². The third-order valence-electron chi connectivity index (χ3n) is 7.92. The van der Waals surface area contributed by atoms with Crippen molar-refractivity contribution < 1.29 is 20.4 Å². The average Bonchev–Trinajstić information content (AvgIpc) is 2.88. The van der Waals surface area contributed by atoms with Gasteiger partial charge in [0.25, 0.3) is 0 Å². The van der Waals surface area contributed by atoms with Gasteiger partial charge in [0.15, 0.2) is 0 Å². The molecule has 0 aliphatic rings. The molecule has 0 fully saturated rings. The lowest BCUT2D eigenvalue weighted by Crippen LogP contribution is -2.17. The second kappa shape index (κ2) is 13.3. The Bertz CT molecular complexity index is 1250. The third kappa shape index (κ3) is 8.99. The summed E-state index contributed by atoms with van der Waals surface area (Å²) >= 11 is 3.17. The van der Waals surface area contributed by atoms with E-state index in [0.717, 1.165) is 43.2 Å². The van der Waals surface area contributed by atoms with Crippen LogP contribution in [0.2, 0.25) is 0 Å². The fraction of sp³-hybridized carbons (Fsp3) is 0.526. The number of rotatable bonds is 8. The Morgan fingerprint density at radius 3 is 0.909 bits per heavy atom.